The molecule has 1 aliphatic heterocycles. The first-order chi connectivity index (χ1) is 6.27. The summed E-state index contributed by atoms with van der Waals surface area (Å²) in [6.07, 6.45) is 1.36. The molecule has 1 fully saturated rings. The normalized spacial score (nSPS) is 34.8. The minimum absolute atomic E-state index is 0.608. The highest BCUT2D eigenvalue weighted by molar-refractivity contribution is 7.10. The van der Waals surface area contributed by atoms with Crippen molar-refractivity contribution < 1.29 is 0 Å². The summed E-state index contributed by atoms with van der Waals surface area (Å²) in [7, 11) is 0. The van der Waals surface area contributed by atoms with Gasteiger partial charge < -0.3 is 5.32 Å². The quantitative estimate of drug-likeness (QED) is 0.726. The van der Waals surface area contributed by atoms with Gasteiger partial charge in [0.15, 0.2) is 0 Å². The van der Waals surface area contributed by atoms with E-state index in [9.17, 15) is 0 Å². The molecule has 0 radical (unpaired) electrons. The molecule has 1 saturated heterocycles. The van der Waals surface area contributed by atoms with Crippen LogP contribution in [0.4, 0.5) is 0 Å². The maximum absolute atomic E-state index is 3.63. The number of piperidine rings is 1. The molecule has 13 heavy (non-hydrogen) atoms. The average Bonchev–Trinajstić information content (AvgIpc) is 2.56. The highest BCUT2D eigenvalue weighted by Gasteiger charge is 2.26. The molecule has 3 atom stereocenters. The molecule has 0 saturated carbocycles. The van der Waals surface area contributed by atoms with Gasteiger partial charge in [-0.1, -0.05) is 19.9 Å². The Kier molecular flexibility index (Phi) is 2.70. The van der Waals surface area contributed by atoms with Crippen LogP contribution in [-0.2, 0) is 0 Å². The number of thiophene rings is 1. The third kappa shape index (κ3) is 1.94. The van der Waals surface area contributed by atoms with Crippen LogP contribution in [0.25, 0.3) is 0 Å². The maximum Gasteiger partial charge on any atom is 0.0440 e. The predicted molar refractivity (Wildman–Crippen MR) is 58.0 cm³/mol. The van der Waals surface area contributed by atoms with Crippen LogP contribution in [0.15, 0.2) is 17.5 Å². The van der Waals surface area contributed by atoms with E-state index < -0.39 is 0 Å². The molecule has 1 aliphatic rings. The summed E-state index contributed by atoms with van der Waals surface area (Å²) in [5.41, 5.74) is 0. The fraction of sp³-hybridized carbons (Fsp3) is 0.636. The fourth-order valence-electron chi connectivity index (χ4n) is 2.23. The first kappa shape index (κ1) is 9.22. The summed E-state index contributed by atoms with van der Waals surface area (Å²) in [4.78, 5) is 1.50. The van der Waals surface area contributed by atoms with Crippen LogP contribution in [0.3, 0.4) is 0 Å². The number of nitrogens with one attached hydrogen (secondary N) is 1. The monoisotopic (exact) mass is 195 g/mol. The molecule has 1 aromatic heterocycles. The van der Waals surface area contributed by atoms with E-state index in [2.05, 4.69) is 36.7 Å². The van der Waals surface area contributed by atoms with Gasteiger partial charge in [0.25, 0.3) is 0 Å². The van der Waals surface area contributed by atoms with Gasteiger partial charge in [0.2, 0.25) is 0 Å². The van der Waals surface area contributed by atoms with Crippen LogP contribution in [-0.4, -0.2) is 6.54 Å². The van der Waals surface area contributed by atoms with Crippen LogP contribution >= 0.6 is 11.3 Å². The SMILES string of the molecule is CC1CNC(c2cccs2)C(C)C1. The van der Waals surface area contributed by atoms with E-state index in [1.54, 1.807) is 0 Å². The Balaban J connectivity index is 2.08. The van der Waals surface area contributed by atoms with E-state index in [0.29, 0.717) is 6.04 Å². The van der Waals surface area contributed by atoms with Crippen molar-refractivity contribution in [1.82, 2.24) is 5.32 Å². The highest BCUT2D eigenvalue weighted by Crippen LogP contribution is 2.33. The van der Waals surface area contributed by atoms with Gasteiger partial charge in [-0.3, -0.25) is 0 Å². The molecule has 1 N–H and O–H groups in total. The van der Waals surface area contributed by atoms with Crippen molar-refractivity contribution in [3.63, 3.8) is 0 Å². The molecule has 0 aromatic carbocycles. The van der Waals surface area contributed by atoms with Crippen molar-refractivity contribution in [3.05, 3.63) is 22.4 Å². The molecule has 0 amide bonds. The first-order valence-corrected chi connectivity index (χ1v) is 5.92. The minimum Gasteiger partial charge on any atom is -0.309 e. The van der Waals surface area contributed by atoms with Gasteiger partial charge in [-0.05, 0) is 36.2 Å². The van der Waals surface area contributed by atoms with Gasteiger partial charge in [-0.25, -0.2) is 0 Å². The standard InChI is InChI=1S/C11H17NS/c1-8-6-9(2)11(12-7-8)10-4-3-5-13-10/h3-5,8-9,11-12H,6-7H2,1-2H3. The van der Waals surface area contributed by atoms with Crippen LogP contribution in [0.5, 0.6) is 0 Å². The van der Waals surface area contributed by atoms with E-state index in [1.165, 1.54) is 17.8 Å². The van der Waals surface area contributed by atoms with E-state index in [1.807, 2.05) is 11.3 Å². The van der Waals surface area contributed by atoms with E-state index in [4.69, 9.17) is 0 Å². The Bertz CT molecular complexity index is 255. The van der Waals surface area contributed by atoms with Gasteiger partial charge in [-0.2, -0.15) is 0 Å². The summed E-state index contributed by atoms with van der Waals surface area (Å²) < 4.78 is 0. The molecular formula is C11H17NS. The number of rotatable bonds is 1. The van der Waals surface area contributed by atoms with Gasteiger partial charge in [0.05, 0.1) is 0 Å². The molecule has 0 spiro atoms. The second-order valence-electron chi connectivity index (χ2n) is 4.22. The molecule has 2 heterocycles. The summed E-state index contributed by atoms with van der Waals surface area (Å²) in [6.45, 7) is 5.86. The Morgan fingerprint density at radius 3 is 2.92 bits per heavy atom. The summed E-state index contributed by atoms with van der Waals surface area (Å²) in [5, 5.41) is 5.80. The third-order valence-corrected chi connectivity index (χ3v) is 3.83. The second-order valence-corrected chi connectivity index (χ2v) is 5.20. The van der Waals surface area contributed by atoms with Gasteiger partial charge >= 0.3 is 0 Å². The van der Waals surface area contributed by atoms with Gasteiger partial charge in [0, 0.05) is 10.9 Å². The molecule has 2 rings (SSSR count). The lowest BCUT2D eigenvalue weighted by Gasteiger charge is -2.33. The molecule has 2 heteroatoms. The van der Waals surface area contributed by atoms with Crippen molar-refractivity contribution in [2.24, 2.45) is 11.8 Å². The zero-order valence-corrected chi connectivity index (χ0v) is 9.10. The second kappa shape index (κ2) is 3.81. The van der Waals surface area contributed by atoms with Gasteiger partial charge in [0.1, 0.15) is 0 Å². The fourth-order valence-corrected chi connectivity index (χ4v) is 3.17. The van der Waals surface area contributed by atoms with Crippen LogP contribution in [0, 0.1) is 11.8 Å². The summed E-state index contributed by atoms with van der Waals surface area (Å²) >= 11 is 1.87. The van der Waals surface area contributed by atoms with E-state index >= 15 is 0 Å². The summed E-state index contributed by atoms with van der Waals surface area (Å²) in [5.74, 6) is 1.62. The van der Waals surface area contributed by atoms with Crippen molar-refractivity contribution in [1.29, 1.82) is 0 Å². The van der Waals surface area contributed by atoms with E-state index in [0.717, 1.165) is 11.8 Å². The zero-order valence-electron chi connectivity index (χ0n) is 8.29. The zero-order chi connectivity index (χ0) is 9.26. The third-order valence-electron chi connectivity index (χ3n) is 2.88. The van der Waals surface area contributed by atoms with Crippen LogP contribution in [0.2, 0.25) is 0 Å². The Labute approximate surface area is 84.2 Å². The number of hydrogen-bond acceptors (Lipinski definition) is 2. The molecule has 72 valence electrons. The molecular weight excluding hydrogens is 178 g/mol. The Morgan fingerprint density at radius 2 is 2.31 bits per heavy atom. The van der Waals surface area contributed by atoms with Crippen LogP contribution < -0.4 is 5.32 Å². The van der Waals surface area contributed by atoms with Crippen LogP contribution in [0.1, 0.15) is 31.2 Å². The number of hydrogen-bond donors (Lipinski definition) is 1. The predicted octanol–water partition coefficient (Wildman–Crippen LogP) is 3.05. The van der Waals surface area contributed by atoms with E-state index in [-0.39, 0.29) is 0 Å². The topological polar surface area (TPSA) is 12.0 Å². The molecule has 1 aromatic rings. The lowest BCUT2D eigenvalue weighted by atomic mass is 9.86. The smallest absolute Gasteiger partial charge is 0.0440 e. The maximum atomic E-state index is 3.63. The lowest BCUT2D eigenvalue weighted by molar-refractivity contribution is 0.249. The Morgan fingerprint density at radius 1 is 1.46 bits per heavy atom. The minimum atomic E-state index is 0.608. The molecule has 3 unspecified atom stereocenters. The molecule has 0 aliphatic carbocycles. The van der Waals surface area contributed by atoms with Crippen molar-refractivity contribution in [2.45, 2.75) is 26.3 Å². The van der Waals surface area contributed by atoms with Crippen molar-refractivity contribution in [2.75, 3.05) is 6.54 Å². The summed E-state index contributed by atoms with van der Waals surface area (Å²) in [6, 6.07) is 5.00. The molecule has 1 nitrogen and oxygen atoms in total. The van der Waals surface area contributed by atoms with Crippen molar-refractivity contribution in [3.8, 4) is 0 Å². The lowest BCUT2D eigenvalue weighted by Crippen LogP contribution is -2.36. The van der Waals surface area contributed by atoms with Crippen molar-refractivity contribution >= 4 is 11.3 Å². The average molecular weight is 195 g/mol. The first-order valence-electron chi connectivity index (χ1n) is 5.04. The largest absolute Gasteiger partial charge is 0.309 e. The Hall–Kier alpha value is -0.340. The molecule has 0 bridgehead atoms. The highest BCUT2D eigenvalue weighted by atomic mass is 32.1. The van der Waals surface area contributed by atoms with Gasteiger partial charge in [-0.15, -0.1) is 11.3 Å².